The van der Waals surface area contributed by atoms with Gasteiger partial charge in [-0.25, -0.2) is 4.98 Å². The van der Waals surface area contributed by atoms with Crippen LogP contribution in [0.4, 0.5) is 0 Å². The summed E-state index contributed by atoms with van der Waals surface area (Å²) >= 11 is 0. The first-order valence-corrected chi connectivity index (χ1v) is 6.99. The van der Waals surface area contributed by atoms with E-state index >= 15 is 0 Å². The van der Waals surface area contributed by atoms with E-state index in [1.807, 2.05) is 36.4 Å². The van der Waals surface area contributed by atoms with Crippen LogP contribution in [-0.4, -0.2) is 4.98 Å². The SMILES string of the molecule is CCCc1nc(-c2ccccc2)c(-c2ccccc2)o1. The Hall–Kier alpha value is -2.35. The highest BCUT2D eigenvalue weighted by Crippen LogP contribution is 2.32. The molecule has 0 bridgehead atoms. The Morgan fingerprint density at radius 1 is 0.850 bits per heavy atom. The standard InChI is InChI=1S/C18H17NO/c1-2-9-16-19-17(14-10-5-3-6-11-14)18(20-16)15-12-7-4-8-13-15/h3-8,10-13H,2,9H2,1H3. The summed E-state index contributed by atoms with van der Waals surface area (Å²) in [5.74, 6) is 1.67. The second-order valence-corrected chi connectivity index (χ2v) is 4.77. The molecule has 0 aliphatic rings. The molecule has 0 aliphatic carbocycles. The van der Waals surface area contributed by atoms with Crippen molar-refractivity contribution in [2.24, 2.45) is 0 Å². The Labute approximate surface area is 119 Å². The van der Waals surface area contributed by atoms with Crippen molar-refractivity contribution in [1.29, 1.82) is 0 Å². The number of rotatable bonds is 4. The third-order valence-corrected chi connectivity index (χ3v) is 3.22. The van der Waals surface area contributed by atoms with Crippen LogP contribution in [0, 0.1) is 0 Å². The highest BCUT2D eigenvalue weighted by molar-refractivity contribution is 5.76. The van der Waals surface area contributed by atoms with Crippen molar-refractivity contribution in [3.05, 3.63) is 66.6 Å². The van der Waals surface area contributed by atoms with Crippen LogP contribution in [0.5, 0.6) is 0 Å². The molecule has 2 aromatic carbocycles. The van der Waals surface area contributed by atoms with E-state index in [-0.39, 0.29) is 0 Å². The minimum absolute atomic E-state index is 0.810. The first-order chi connectivity index (χ1) is 9.88. The molecule has 1 aromatic heterocycles. The number of aromatic nitrogens is 1. The highest BCUT2D eigenvalue weighted by atomic mass is 16.4. The third-order valence-electron chi connectivity index (χ3n) is 3.22. The van der Waals surface area contributed by atoms with Crippen LogP contribution in [0.15, 0.2) is 65.1 Å². The molecule has 1 heterocycles. The van der Waals surface area contributed by atoms with Gasteiger partial charge < -0.3 is 4.42 Å². The van der Waals surface area contributed by atoms with Gasteiger partial charge >= 0.3 is 0 Å². The van der Waals surface area contributed by atoms with Crippen LogP contribution in [0.3, 0.4) is 0 Å². The zero-order chi connectivity index (χ0) is 13.8. The molecular formula is C18H17NO. The maximum Gasteiger partial charge on any atom is 0.195 e. The largest absolute Gasteiger partial charge is 0.440 e. The van der Waals surface area contributed by atoms with E-state index in [1.54, 1.807) is 0 Å². The lowest BCUT2D eigenvalue weighted by molar-refractivity contribution is 0.503. The molecule has 20 heavy (non-hydrogen) atoms. The van der Waals surface area contributed by atoms with Crippen molar-refractivity contribution in [2.75, 3.05) is 0 Å². The van der Waals surface area contributed by atoms with Gasteiger partial charge in [0.1, 0.15) is 5.69 Å². The predicted octanol–water partition coefficient (Wildman–Crippen LogP) is 4.96. The van der Waals surface area contributed by atoms with Gasteiger partial charge in [-0.3, -0.25) is 0 Å². The average molecular weight is 263 g/mol. The van der Waals surface area contributed by atoms with Crippen LogP contribution in [0.25, 0.3) is 22.6 Å². The van der Waals surface area contributed by atoms with E-state index < -0.39 is 0 Å². The number of nitrogens with zero attached hydrogens (tertiary/aromatic N) is 1. The zero-order valence-electron chi connectivity index (χ0n) is 11.5. The molecule has 0 N–H and O–H groups in total. The summed E-state index contributed by atoms with van der Waals surface area (Å²) in [6.45, 7) is 2.13. The van der Waals surface area contributed by atoms with Gasteiger partial charge in [-0.1, -0.05) is 67.6 Å². The van der Waals surface area contributed by atoms with Crippen LogP contribution < -0.4 is 0 Å². The summed E-state index contributed by atoms with van der Waals surface area (Å²) in [6.07, 6.45) is 1.90. The third kappa shape index (κ3) is 2.50. The molecule has 0 saturated carbocycles. The minimum Gasteiger partial charge on any atom is -0.440 e. The van der Waals surface area contributed by atoms with Crippen molar-refractivity contribution in [3.8, 4) is 22.6 Å². The van der Waals surface area contributed by atoms with Crippen LogP contribution >= 0.6 is 0 Å². The molecular weight excluding hydrogens is 246 g/mol. The van der Waals surface area contributed by atoms with Crippen LogP contribution in [0.1, 0.15) is 19.2 Å². The van der Waals surface area contributed by atoms with Crippen LogP contribution in [-0.2, 0) is 6.42 Å². The van der Waals surface area contributed by atoms with E-state index in [4.69, 9.17) is 4.42 Å². The lowest BCUT2D eigenvalue weighted by atomic mass is 10.1. The summed E-state index contributed by atoms with van der Waals surface area (Å²) < 4.78 is 5.98. The lowest BCUT2D eigenvalue weighted by Gasteiger charge is -2.00. The number of aryl methyl sites for hydroxylation is 1. The molecule has 3 rings (SSSR count). The maximum atomic E-state index is 5.98. The van der Waals surface area contributed by atoms with Gasteiger partial charge in [0.25, 0.3) is 0 Å². The number of hydrogen-bond donors (Lipinski definition) is 0. The number of benzene rings is 2. The molecule has 2 nitrogen and oxygen atoms in total. The summed E-state index contributed by atoms with van der Waals surface area (Å²) in [4.78, 5) is 4.68. The fourth-order valence-corrected chi connectivity index (χ4v) is 2.26. The molecule has 0 aliphatic heterocycles. The monoisotopic (exact) mass is 263 g/mol. The molecule has 0 radical (unpaired) electrons. The normalized spacial score (nSPS) is 10.7. The van der Waals surface area contributed by atoms with Gasteiger partial charge in [0, 0.05) is 17.5 Å². The summed E-state index contributed by atoms with van der Waals surface area (Å²) in [5.41, 5.74) is 3.10. The van der Waals surface area contributed by atoms with E-state index in [9.17, 15) is 0 Å². The molecule has 2 heteroatoms. The minimum atomic E-state index is 0.810. The topological polar surface area (TPSA) is 26.0 Å². The zero-order valence-corrected chi connectivity index (χ0v) is 11.5. The summed E-state index contributed by atoms with van der Waals surface area (Å²) in [5, 5.41) is 0. The number of oxazole rings is 1. The van der Waals surface area contributed by atoms with Crippen molar-refractivity contribution in [1.82, 2.24) is 4.98 Å². The Bertz CT molecular complexity index is 614. The van der Waals surface area contributed by atoms with E-state index in [2.05, 4.69) is 36.2 Å². The van der Waals surface area contributed by atoms with Gasteiger partial charge in [-0.05, 0) is 6.42 Å². The van der Waals surface area contributed by atoms with Crippen LogP contribution in [0.2, 0.25) is 0 Å². The molecule has 0 amide bonds. The lowest BCUT2D eigenvalue weighted by Crippen LogP contribution is -1.83. The van der Waals surface area contributed by atoms with E-state index in [1.165, 1.54) is 0 Å². The summed E-state index contributed by atoms with van der Waals surface area (Å²) in [7, 11) is 0. The van der Waals surface area contributed by atoms with Gasteiger partial charge in [0.15, 0.2) is 11.7 Å². The van der Waals surface area contributed by atoms with E-state index in [0.717, 1.165) is 41.3 Å². The highest BCUT2D eigenvalue weighted by Gasteiger charge is 2.15. The Kier molecular flexibility index (Phi) is 3.64. The van der Waals surface area contributed by atoms with Gasteiger partial charge in [-0.15, -0.1) is 0 Å². The molecule has 3 aromatic rings. The second-order valence-electron chi connectivity index (χ2n) is 4.77. The Morgan fingerprint density at radius 2 is 1.45 bits per heavy atom. The number of hydrogen-bond acceptors (Lipinski definition) is 2. The molecule has 100 valence electrons. The van der Waals surface area contributed by atoms with Gasteiger partial charge in [0.05, 0.1) is 0 Å². The fourth-order valence-electron chi connectivity index (χ4n) is 2.26. The Balaban J connectivity index is 2.13. The maximum absolute atomic E-state index is 5.98. The van der Waals surface area contributed by atoms with Crippen molar-refractivity contribution in [3.63, 3.8) is 0 Å². The van der Waals surface area contributed by atoms with Crippen molar-refractivity contribution < 1.29 is 4.42 Å². The van der Waals surface area contributed by atoms with Crippen molar-refractivity contribution >= 4 is 0 Å². The molecule has 0 spiro atoms. The summed E-state index contributed by atoms with van der Waals surface area (Å²) in [6, 6.07) is 20.4. The molecule has 0 unspecified atom stereocenters. The molecule has 0 atom stereocenters. The Morgan fingerprint density at radius 3 is 2.05 bits per heavy atom. The smallest absolute Gasteiger partial charge is 0.195 e. The van der Waals surface area contributed by atoms with E-state index in [0.29, 0.717) is 0 Å². The van der Waals surface area contributed by atoms with Gasteiger partial charge in [-0.2, -0.15) is 0 Å². The second kappa shape index (κ2) is 5.74. The molecule has 0 fully saturated rings. The fraction of sp³-hybridized carbons (Fsp3) is 0.167. The average Bonchev–Trinajstić information content (AvgIpc) is 2.93. The first-order valence-electron chi connectivity index (χ1n) is 6.99. The van der Waals surface area contributed by atoms with Crippen molar-refractivity contribution in [2.45, 2.75) is 19.8 Å². The predicted molar refractivity (Wildman–Crippen MR) is 81.4 cm³/mol. The van der Waals surface area contributed by atoms with Gasteiger partial charge in [0.2, 0.25) is 0 Å². The molecule has 0 saturated heterocycles. The first kappa shape index (κ1) is 12.7. The quantitative estimate of drug-likeness (QED) is 0.664.